The summed E-state index contributed by atoms with van der Waals surface area (Å²) < 4.78 is 11.8. The van der Waals surface area contributed by atoms with Gasteiger partial charge in [0.05, 0.1) is 11.6 Å². The van der Waals surface area contributed by atoms with Gasteiger partial charge in [-0.05, 0) is 41.0 Å². The van der Waals surface area contributed by atoms with Crippen LogP contribution in [0.1, 0.15) is 6.42 Å². The van der Waals surface area contributed by atoms with Crippen molar-refractivity contribution in [2.24, 2.45) is 0 Å². The van der Waals surface area contributed by atoms with Gasteiger partial charge in [-0.25, -0.2) is 0 Å². The molecule has 0 bridgehead atoms. The molecule has 1 aromatic rings. The second-order valence-electron chi connectivity index (χ2n) is 3.55. The molecular weight excluding hydrogens is 258 g/mol. The van der Waals surface area contributed by atoms with Crippen LogP contribution in [-0.2, 0) is 0 Å². The fourth-order valence-electron chi connectivity index (χ4n) is 1.40. The molecule has 0 aromatic heterocycles. The molecule has 1 saturated heterocycles. The maximum atomic E-state index is 5.69. The summed E-state index contributed by atoms with van der Waals surface area (Å²) in [6.45, 7) is 1.82. The minimum atomic E-state index is 0.503. The summed E-state index contributed by atoms with van der Waals surface area (Å²) in [5, 5.41) is 3.29. The third kappa shape index (κ3) is 2.63. The van der Waals surface area contributed by atoms with Crippen LogP contribution in [0.2, 0.25) is 0 Å². The molecule has 15 heavy (non-hydrogen) atoms. The summed E-state index contributed by atoms with van der Waals surface area (Å²) >= 11 is 3.45. The Hall–Kier alpha value is -0.740. The van der Waals surface area contributed by atoms with Crippen LogP contribution in [0.3, 0.4) is 0 Å². The molecular formula is C11H14BrNO2. The van der Waals surface area contributed by atoms with Crippen molar-refractivity contribution in [2.45, 2.75) is 12.5 Å². The van der Waals surface area contributed by atoms with Crippen molar-refractivity contribution >= 4 is 15.9 Å². The Morgan fingerprint density at radius 3 is 2.93 bits per heavy atom. The van der Waals surface area contributed by atoms with Crippen molar-refractivity contribution in [2.75, 3.05) is 20.3 Å². The van der Waals surface area contributed by atoms with Crippen LogP contribution in [0.15, 0.2) is 22.7 Å². The van der Waals surface area contributed by atoms with Gasteiger partial charge in [-0.3, -0.25) is 0 Å². The minimum Gasteiger partial charge on any atom is -0.497 e. The smallest absolute Gasteiger partial charge is 0.137 e. The van der Waals surface area contributed by atoms with Crippen molar-refractivity contribution in [3.05, 3.63) is 22.7 Å². The number of halogens is 1. The van der Waals surface area contributed by atoms with Gasteiger partial charge in [-0.15, -0.1) is 0 Å². The molecule has 0 saturated carbocycles. The fraction of sp³-hybridized carbons (Fsp3) is 0.455. The fourth-order valence-corrected chi connectivity index (χ4v) is 1.76. The first-order chi connectivity index (χ1) is 7.29. The van der Waals surface area contributed by atoms with E-state index in [4.69, 9.17) is 9.47 Å². The predicted molar refractivity (Wildman–Crippen MR) is 62.6 cm³/mol. The van der Waals surface area contributed by atoms with Crippen LogP contribution >= 0.6 is 15.9 Å². The highest BCUT2D eigenvalue weighted by atomic mass is 79.9. The van der Waals surface area contributed by atoms with Crippen molar-refractivity contribution < 1.29 is 9.47 Å². The van der Waals surface area contributed by atoms with Gasteiger partial charge in [-0.1, -0.05) is 0 Å². The average molecular weight is 272 g/mol. The average Bonchev–Trinajstić information content (AvgIpc) is 2.18. The number of benzene rings is 1. The van der Waals surface area contributed by atoms with E-state index in [1.807, 2.05) is 18.2 Å². The van der Waals surface area contributed by atoms with Gasteiger partial charge in [0.1, 0.15) is 18.1 Å². The molecule has 0 aliphatic carbocycles. The Kier molecular flexibility index (Phi) is 3.49. The van der Waals surface area contributed by atoms with Crippen LogP contribution in [0, 0.1) is 0 Å². The molecule has 1 unspecified atom stereocenters. The summed E-state index contributed by atoms with van der Waals surface area (Å²) in [6.07, 6.45) is 1.20. The predicted octanol–water partition coefficient (Wildman–Crippen LogP) is 2.20. The Labute approximate surface area is 97.9 Å². The number of ether oxygens (including phenoxy) is 2. The zero-order chi connectivity index (χ0) is 10.7. The highest BCUT2D eigenvalue weighted by Crippen LogP contribution is 2.29. The van der Waals surface area contributed by atoms with E-state index in [2.05, 4.69) is 21.2 Å². The molecule has 1 aromatic carbocycles. The number of hydrogen-bond acceptors (Lipinski definition) is 3. The second-order valence-corrected chi connectivity index (χ2v) is 4.40. The van der Waals surface area contributed by atoms with Crippen LogP contribution < -0.4 is 14.8 Å². The van der Waals surface area contributed by atoms with E-state index in [0.29, 0.717) is 12.6 Å². The zero-order valence-electron chi connectivity index (χ0n) is 8.63. The van der Waals surface area contributed by atoms with Crippen LogP contribution in [0.25, 0.3) is 0 Å². The van der Waals surface area contributed by atoms with Crippen molar-refractivity contribution in [1.29, 1.82) is 0 Å². The molecule has 1 fully saturated rings. The lowest BCUT2D eigenvalue weighted by Crippen LogP contribution is -2.46. The number of hydrogen-bond donors (Lipinski definition) is 1. The van der Waals surface area contributed by atoms with Gasteiger partial charge < -0.3 is 14.8 Å². The summed E-state index contributed by atoms with van der Waals surface area (Å²) in [5.41, 5.74) is 0. The van der Waals surface area contributed by atoms with Gasteiger partial charge in [0.15, 0.2) is 0 Å². The largest absolute Gasteiger partial charge is 0.497 e. The molecule has 0 radical (unpaired) electrons. The van der Waals surface area contributed by atoms with E-state index >= 15 is 0 Å². The maximum Gasteiger partial charge on any atom is 0.137 e. The Balaban J connectivity index is 1.98. The first-order valence-corrected chi connectivity index (χ1v) is 5.78. The molecule has 1 heterocycles. The van der Waals surface area contributed by atoms with Gasteiger partial charge in [0.25, 0.3) is 0 Å². The summed E-state index contributed by atoms with van der Waals surface area (Å²) in [4.78, 5) is 0. The standard InChI is InChI=1S/C11H14BrNO2/c1-14-9-2-3-10(12)11(6-9)15-7-8-4-5-13-8/h2-3,6,8,13H,4-5,7H2,1H3. The van der Waals surface area contributed by atoms with Crippen LogP contribution in [0.5, 0.6) is 11.5 Å². The zero-order valence-corrected chi connectivity index (χ0v) is 10.2. The van der Waals surface area contributed by atoms with Crippen LogP contribution in [0.4, 0.5) is 0 Å². The quantitative estimate of drug-likeness (QED) is 0.911. The summed E-state index contributed by atoms with van der Waals surface area (Å²) in [7, 11) is 1.65. The van der Waals surface area contributed by atoms with E-state index < -0.39 is 0 Å². The van der Waals surface area contributed by atoms with E-state index in [9.17, 15) is 0 Å². The number of methoxy groups -OCH3 is 1. The highest BCUT2D eigenvalue weighted by Gasteiger charge is 2.17. The molecule has 0 amide bonds. The van der Waals surface area contributed by atoms with E-state index in [0.717, 1.165) is 22.5 Å². The Morgan fingerprint density at radius 1 is 1.53 bits per heavy atom. The normalized spacial score (nSPS) is 19.5. The monoisotopic (exact) mass is 271 g/mol. The number of nitrogens with one attached hydrogen (secondary N) is 1. The topological polar surface area (TPSA) is 30.5 Å². The molecule has 3 nitrogen and oxygen atoms in total. The summed E-state index contributed by atoms with van der Waals surface area (Å²) in [5.74, 6) is 1.65. The lowest BCUT2D eigenvalue weighted by molar-refractivity contribution is 0.216. The van der Waals surface area contributed by atoms with Crippen molar-refractivity contribution in [3.8, 4) is 11.5 Å². The summed E-state index contributed by atoms with van der Waals surface area (Å²) in [6, 6.07) is 6.23. The molecule has 1 atom stereocenters. The molecule has 1 aliphatic heterocycles. The molecule has 2 rings (SSSR count). The van der Waals surface area contributed by atoms with E-state index in [1.165, 1.54) is 6.42 Å². The van der Waals surface area contributed by atoms with Gasteiger partial charge >= 0.3 is 0 Å². The third-order valence-corrected chi connectivity index (χ3v) is 3.16. The van der Waals surface area contributed by atoms with Crippen LogP contribution in [-0.4, -0.2) is 26.3 Å². The Morgan fingerprint density at radius 2 is 2.33 bits per heavy atom. The van der Waals surface area contributed by atoms with E-state index in [-0.39, 0.29) is 0 Å². The van der Waals surface area contributed by atoms with E-state index in [1.54, 1.807) is 7.11 Å². The maximum absolute atomic E-state index is 5.69. The highest BCUT2D eigenvalue weighted by molar-refractivity contribution is 9.10. The molecule has 1 aliphatic rings. The molecule has 1 N–H and O–H groups in total. The second kappa shape index (κ2) is 4.86. The van der Waals surface area contributed by atoms with Gasteiger partial charge in [0, 0.05) is 12.1 Å². The minimum absolute atomic E-state index is 0.503. The first kappa shape index (κ1) is 10.8. The van der Waals surface area contributed by atoms with Crippen molar-refractivity contribution in [1.82, 2.24) is 5.32 Å². The molecule has 0 spiro atoms. The Bertz CT molecular complexity index is 339. The number of rotatable bonds is 4. The third-order valence-electron chi connectivity index (χ3n) is 2.50. The lowest BCUT2D eigenvalue weighted by atomic mass is 10.1. The SMILES string of the molecule is COc1ccc(Br)c(OCC2CCN2)c1. The molecule has 82 valence electrons. The molecule has 4 heteroatoms. The van der Waals surface area contributed by atoms with Gasteiger partial charge in [0.2, 0.25) is 0 Å². The first-order valence-electron chi connectivity index (χ1n) is 4.99. The lowest BCUT2D eigenvalue weighted by Gasteiger charge is -2.27. The van der Waals surface area contributed by atoms with Crippen molar-refractivity contribution in [3.63, 3.8) is 0 Å². The van der Waals surface area contributed by atoms with Gasteiger partial charge in [-0.2, -0.15) is 0 Å².